The van der Waals surface area contributed by atoms with E-state index in [2.05, 4.69) is 0 Å². The summed E-state index contributed by atoms with van der Waals surface area (Å²) >= 11 is 6.66. The second-order valence-corrected chi connectivity index (χ2v) is 10.2. The molecule has 0 bridgehead atoms. The number of esters is 1. The van der Waals surface area contributed by atoms with Gasteiger partial charge in [0, 0.05) is 10.3 Å². The molecule has 0 saturated heterocycles. The lowest BCUT2D eigenvalue weighted by molar-refractivity contribution is -0.157. The lowest BCUT2D eigenvalue weighted by atomic mass is 9.83. The van der Waals surface area contributed by atoms with Gasteiger partial charge in [-0.3, -0.25) is 9.00 Å². The Morgan fingerprint density at radius 2 is 1.79 bits per heavy atom. The minimum Gasteiger partial charge on any atom is -0.460 e. The first-order valence-corrected chi connectivity index (χ1v) is 10.0. The molecule has 5 heteroatoms. The second kappa shape index (κ2) is 7.17. The predicted octanol–water partition coefficient (Wildman–Crippen LogP) is 4.82. The van der Waals surface area contributed by atoms with Crippen molar-refractivity contribution in [2.45, 2.75) is 69.1 Å². The van der Waals surface area contributed by atoms with Crippen molar-refractivity contribution in [3.05, 3.63) is 29.8 Å². The molecule has 0 spiro atoms. The van der Waals surface area contributed by atoms with E-state index in [4.69, 9.17) is 16.3 Å². The minimum absolute atomic E-state index is 0.195. The zero-order valence-corrected chi connectivity index (χ0v) is 16.7. The van der Waals surface area contributed by atoms with E-state index in [1.807, 2.05) is 58.9 Å². The molecule has 3 nitrogen and oxygen atoms in total. The number of carbonyl (C=O) groups is 1. The maximum Gasteiger partial charge on any atom is 0.306 e. The van der Waals surface area contributed by atoms with Crippen LogP contribution >= 0.6 is 11.6 Å². The Balaban J connectivity index is 2.17. The highest BCUT2D eigenvalue weighted by Gasteiger charge is 2.50. The van der Waals surface area contributed by atoms with E-state index >= 15 is 0 Å². The van der Waals surface area contributed by atoms with Gasteiger partial charge in [-0.05, 0) is 58.6 Å². The first-order valence-electron chi connectivity index (χ1n) is 8.36. The maximum absolute atomic E-state index is 12.9. The maximum atomic E-state index is 12.9. The van der Waals surface area contributed by atoms with Crippen molar-refractivity contribution in [3.8, 4) is 0 Å². The van der Waals surface area contributed by atoms with Gasteiger partial charge in [-0.2, -0.15) is 0 Å². The standard InChI is InChI=1S/C19H27ClO3S/c1-13-6-10-15(11-7-13)24(22)17(20)19(5,14-8-9-14)12-16(21)23-18(2,3)4/h6-7,10-11,14,17H,8-9,12H2,1-5H3. The molecule has 1 aliphatic rings. The third-order valence-corrected chi connectivity index (χ3v) is 7.05. The third kappa shape index (κ3) is 4.82. The summed E-state index contributed by atoms with van der Waals surface area (Å²) in [5.74, 6) is 0.0466. The molecule has 134 valence electrons. The fourth-order valence-electron chi connectivity index (χ4n) is 2.88. The van der Waals surface area contributed by atoms with Crippen molar-refractivity contribution in [2.75, 3.05) is 0 Å². The SMILES string of the molecule is Cc1ccc(S(=O)C(Cl)C(C)(CC(=O)OC(C)(C)C)C2CC2)cc1. The number of alkyl halides is 1. The Labute approximate surface area is 152 Å². The van der Waals surface area contributed by atoms with Crippen LogP contribution < -0.4 is 0 Å². The van der Waals surface area contributed by atoms with Gasteiger partial charge in [-0.25, -0.2) is 0 Å². The number of aryl methyl sites for hydroxylation is 1. The molecule has 1 fully saturated rings. The van der Waals surface area contributed by atoms with Crippen LogP contribution in [-0.2, 0) is 20.3 Å². The van der Waals surface area contributed by atoms with Crippen molar-refractivity contribution in [1.82, 2.24) is 0 Å². The van der Waals surface area contributed by atoms with Crippen LogP contribution in [0.2, 0.25) is 0 Å². The molecule has 1 aromatic carbocycles. The lowest BCUT2D eigenvalue weighted by Crippen LogP contribution is -2.38. The first kappa shape index (κ1) is 19.5. The Kier molecular flexibility index (Phi) is 5.81. The molecule has 0 heterocycles. The highest BCUT2D eigenvalue weighted by Crippen LogP contribution is 2.53. The Morgan fingerprint density at radius 1 is 1.25 bits per heavy atom. The molecule has 0 aliphatic heterocycles. The molecule has 0 radical (unpaired) electrons. The van der Waals surface area contributed by atoms with E-state index in [9.17, 15) is 9.00 Å². The van der Waals surface area contributed by atoms with E-state index in [1.165, 1.54) is 0 Å². The largest absolute Gasteiger partial charge is 0.460 e. The van der Waals surface area contributed by atoms with E-state index in [0.29, 0.717) is 10.8 Å². The summed E-state index contributed by atoms with van der Waals surface area (Å²) in [5, 5.41) is 0. The van der Waals surface area contributed by atoms with E-state index in [0.717, 1.165) is 18.4 Å². The quantitative estimate of drug-likeness (QED) is 0.532. The molecule has 2 rings (SSSR count). The molecular formula is C19H27ClO3S. The van der Waals surface area contributed by atoms with Gasteiger partial charge < -0.3 is 4.74 Å². The van der Waals surface area contributed by atoms with Crippen LogP contribution in [0.4, 0.5) is 0 Å². The molecule has 24 heavy (non-hydrogen) atoms. The van der Waals surface area contributed by atoms with Gasteiger partial charge in [-0.15, -0.1) is 11.6 Å². The van der Waals surface area contributed by atoms with Crippen LogP contribution in [0.1, 0.15) is 52.5 Å². The van der Waals surface area contributed by atoms with Gasteiger partial charge in [0.05, 0.1) is 17.2 Å². The summed E-state index contributed by atoms with van der Waals surface area (Å²) in [6, 6.07) is 7.56. The summed E-state index contributed by atoms with van der Waals surface area (Å²) in [5.41, 5.74) is 0.0552. The number of rotatable bonds is 6. The molecule has 1 saturated carbocycles. The lowest BCUT2D eigenvalue weighted by Gasteiger charge is -2.34. The van der Waals surface area contributed by atoms with Crippen LogP contribution in [0.25, 0.3) is 0 Å². The van der Waals surface area contributed by atoms with Crippen LogP contribution in [0.15, 0.2) is 29.2 Å². The highest BCUT2D eigenvalue weighted by atomic mass is 35.5. The zero-order chi connectivity index (χ0) is 18.1. The number of halogens is 1. The molecule has 3 unspecified atom stereocenters. The Morgan fingerprint density at radius 3 is 2.25 bits per heavy atom. The average molecular weight is 371 g/mol. The van der Waals surface area contributed by atoms with Gasteiger partial charge in [0.1, 0.15) is 10.3 Å². The number of carbonyl (C=O) groups excluding carboxylic acids is 1. The molecule has 3 atom stereocenters. The summed E-state index contributed by atoms with van der Waals surface area (Å²) in [7, 11) is -1.37. The third-order valence-electron chi connectivity index (χ3n) is 4.41. The summed E-state index contributed by atoms with van der Waals surface area (Å²) in [6.07, 6.45) is 2.24. The molecular weight excluding hydrogens is 344 g/mol. The molecule has 0 aromatic heterocycles. The summed E-state index contributed by atoms with van der Waals surface area (Å²) in [6.45, 7) is 9.51. The number of benzene rings is 1. The zero-order valence-electron chi connectivity index (χ0n) is 15.1. The fourth-order valence-corrected chi connectivity index (χ4v) is 4.85. The van der Waals surface area contributed by atoms with Crippen LogP contribution in [-0.4, -0.2) is 20.5 Å². The van der Waals surface area contributed by atoms with Crippen molar-refractivity contribution < 1.29 is 13.7 Å². The minimum atomic E-state index is -1.37. The van der Waals surface area contributed by atoms with Gasteiger partial charge >= 0.3 is 5.97 Å². The number of hydrogen-bond donors (Lipinski definition) is 0. The van der Waals surface area contributed by atoms with Crippen molar-refractivity contribution >= 4 is 28.4 Å². The van der Waals surface area contributed by atoms with Crippen LogP contribution in [0, 0.1) is 18.3 Å². The van der Waals surface area contributed by atoms with Gasteiger partial charge in [0.2, 0.25) is 0 Å². The van der Waals surface area contributed by atoms with Crippen molar-refractivity contribution in [2.24, 2.45) is 11.3 Å². The van der Waals surface area contributed by atoms with Crippen molar-refractivity contribution in [1.29, 1.82) is 0 Å². The molecule has 0 N–H and O–H groups in total. The Bertz CT molecular complexity index is 616. The second-order valence-electron chi connectivity index (χ2n) is 7.97. The van der Waals surface area contributed by atoms with Gasteiger partial charge in [0.15, 0.2) is 0 Å². The monoisotopic (exact) mass is 370 g/mol. The van der Waals surface area contributed by atoms with Crippen LogP contribution in [0.3, 0.4) is 0 Å². The average Bonchev–Trinajstić information content (AvgIpc) is 3.29. The highest BCUT2D eigenvalue weighted by molar-refractivity contribution is 7.87. The van der Waals surface area contributed by atoms with E-state index < -0.39 is 26.5 Å². The van der Waals surface area contributed by atoms with Gasteiger partial charge in [-0.1, -0.05) is 24.6 Å². The Hall–Kier alpha value is -0.870. The molecule has 1 aromatic rings. The predicted molar refractivity (Wildman–Crippen MR) is 98.5 cm³/mol. The first-order chi connectivity index (χ1) is 11.0. The molecule has 0 amide bonds. The molecule has 1 aliphatic carbocycles. The number of hydrogen-bond acceptors (Lipinski definition) is 3. The number of ether oxygens (including phenoxy) is 1. The van der Waals surface area contributed by atoms with E-state index in [-0.39, 0.29) is 12.4 Å². The summed E-state index contributed by atoms with van der Waals surface area (Å²) in [4.78, 5) is 13.0. The van der Waals surface area contributed by atoms with Gasteiger partial charge in [0.25, 0.3) is 0 Å². The fraction of sp³-hybridized carbons (Fsp3) is 0.632. The summed E-state index contributed by atoms with van der Waals surface area (Å²) < 4.78 is 17.8. The van der Waals surface area contributed by atoms with E-state index in [1.54, 1.807) is 0 Å². The topological polar surface area (TPSA) is 43.4 Å². The van der Waals surface area contributed by atoms with Crippen LogP contribution in [0.5, 0.6) is 0 Å². The van der Waals surface area contributed by atoms with Crippen molar-refractivity contribution in [3.63, 3.8) is 0 Å². The normalized spacial score (nSPS) is 20.1. The smallest absolute Gasteiger partial charge is 0.306 e.